The number of halogens is 3. The molecule has 5 atom stereocenters. The summed E-state index contributed by atoms with van der Waals surface area (Å²) in [5.41, 5.74) is 7.67. The van der Waals surface area contributed by atoms with Crippen LogP contribution in [0.3, 0.4) is 0 Å². The zero-order valence-electron chi connectivity index (χ0n) is 14.2. The van der Waals surface area contributed by atoms with Crippen molar-refractivity contribution in [1.29, 1.82) is 0 Å². The normalized spacial score (nSPS) is 33.2. The molecule has 2 saturated heterocycles. The number of hydrogen-bond acceptors (Lipinski definition) is 6. The monoisotopic (exact) mass is 374 g/mol. The smallest absolute Gasteiger partial charge is 0.433 e. The Bertz CT molecular complexity index is 723. The summed E-state index contributed by atoms with van der Waals surface area (Å²) in [5.74, 6) is -1.23. The fourth-order valence-corrected chi connectivity index (χ4v) is 3.02. The summed E-state index contributed by atoms with van der Waals surface area (Å²) < 4.78 is 61.4. The first kappa shape index (κ1) is 18.7. The maximum atomic E-state index is 12.9. The van der Waals surface area contributed by atoms with Crippen molar-refractivity contribution in [3.05, 3.63) is 34.3 Å². The van der Waals surface area contributed by atoms with Crippen molar-refractivity contribution >= 4 is 0 Å². The van der Waals surface area contributed by atoms with Crippen LogP contribution in [0.15, 0.2) is 23.3 Å². The highest BCUT2D eigenvalue weighted by Crippen LogP contribution is 2.39. The molecule has 2 aliphatic rings. The first-order valence-corrected chi connectivity index (χ1v) is 7.87. The molecule has 0 bridgehead atoms. The quantitative estimate of drug-likeness (QED) is 0.459. The Balaban J connectivity index is 1.91. The first-order chi connectivity index (χ1) is 12.1. The van der Waals surface area contributed by atoms with Gasteiger partial charge in [0.25, 0.3) is 0 Å². The number of fused-ring (bicyclic) bond motifs is 1. The molecule has 11 heteroatoms. The SMILES string of the molecule is C[C@H]1O[C@@H](N=[N+]=[N-])[C@H](Oc2cccc(C(F)(F)F)n2)[C@H]2OC(C)(C)O[C@H]21. The van der Waals surface area contributed by atoms with E-state index in [-0.39, 0.29) is 5.88 Å². The van der Waals surface area contributed by atoms with Crippen molar-refractivity contribution in [3.63, 3.8) is 0 Å². The number of ether oxygens (including phenoxy) is 4. The van der Waals surface area contributed by atoms with E-state index in [1.165, 1.54) is 12.1 Å². The fourth-order valence-electron chi connectivity index (χ4n) is 3.02. The molecule has 0 saturated carbocycles. The van der Waals surface area contributed by atoms with Crippen molar-refractivity contribution in [1.82, 2.24) is 4.98 Å². The lowest BCUT2D eigenvalue weighted by Gasteiger charge is -2.39. The van der Waals surface area contributed by atoms with E-state index >= 15 is 0 Å². The molecular weight excluding hydrogens is 357 g/mol. The minimum atomic E-state index is -4.61. The number of nitrogens with zero attached hydrogens (tertiary/aromatic N) is 4. The van der Waals surface area contributed by atoms with Gasteiger partial charge in [0.1, 0.15) is 17.9 Å². The van der Waals surface area contributed by atoms with Crippen LogP contribution in [-0.4, -0.2) is 41.4 Å². The second kappa shape index (κ2) is 6.58. The van der Waals surface area contributed by atoms with Gasteiger partial charge in [-0.3, -0.25) is 0 Å². The highest BCUT2D eigenvalue weighted by Gasteiger charge is 2.55. The summed E-state index contributed by atoms with van der Waals surface area (Å²) in [7, 11) is 0. The Morgan fingerprint density at radius 2 is 1.96 bits per heavy atom. The van der Waals surface area contributed by atoms with Crippen LogP contribution in [0.25, 0.3) is 10.4 Å². The molecule has 2 fully saturated rings. The molecule has 0 radical (unpaired) electrons. The zero-order valence-corrected chi connectivity index (χ0v) is 14.2. The van der Waals surface area contributed by atoms with E-state index in [4.69, 9.17) is 24.5 Å². The summed E-state index contributed by atoms with van der Waals surface area (Å²) >= 11 is 0. The number of azide groups is 1. The van der Waals surface area contributed by atoms with Crippen molar-refractivity contribution < 1.29 is 32.1 Å². The highest BCUT2D eigenvalue weighted by atomic mass is 19.4. The van der Waals surface area contributed by atoms with E-state index in [0.717, 1.165) is 6.07 Å². The standard InChI is InChI=1S/C15H17F3N4O4/c1-7-10-11(26-14(2,3)25-10)12(13(23-7)21-22-19)24-9-6-4-5-8(20-9)15(16,17)18/h4-7,10-13H,1-3H3/t7-,10+,11+,12-,13-/m1/s1. The lowest BCUT2D eigenvalue weighted by molar-refractivity contribution is -0.172. The van der Waals surface area contributed by atoms with E-state index in [0.29, 0.717) is 0 Å². The van der Waals surface area contributed by atoms with E-state index in [2.05, 4.69) is 15.0 Å². The molecule has 8 nitrogen and oxygen atoms in total. The molecule has 3 heterocycles. The largest absolute Gasteiger partial charge is 0.469 e. The Labute approximate surface area is 146 Å². The molecule has 0 unspecified atom stereocenters. The Morgan fingerprint density at radius 3 is 2.62 bits per heavy atom. The minimum absolute atomic E-state index is 0.284. The van der Waals surface area contributed by atoms with Crippen LogP contribution in [0, 0.1) is 0 Å². The van der Waals surface area contributed by atoms with E-state index < -0.39 is 48.3 Å². The van der Waals surface area contributed by atoms with Crippen molar-refractivity contribution in [2.24, 2.45) is 5.11 Å². The van der Waals surface area contributed by atoms with Crippen LogP contribution in [0.2, 0.25) is 0 Å². The first-order valence-electron chi connectivity index (χ1n) is 7.87. The third-order valence-electron chi connectivity index (χ3n) is 4.02. The number of pyridine rings is 1. The Morgan fingerprint density at radius 1 is 1.27 bits per heavy atom. The molecule has 26 heavy (non-hydrogen) atoms. The lowest BCUT2D eigenvalue weighted by Crippen LogP contribution is -2.56. The topological polar surface area (TPSA) is 98.6 Å². The van der Waals surface area contributed by atoms with Gasteiger partial charge in [-0.05, 0) is 32.4 Å². The van der Waals surface area contributed by atoms with Crippen LogP contribution in [0.5, 0.6) is 5.88 Å². The molecular formula is C15H17F3N4O4. The van der Waals surface area contributed by atoms with E-state index in [1.54, 1.807) is 20.8 Å². The Kier molecular flexibility index (Phi) is 4.74. The number of alkyl halides is 3. The van der Waals surface area contributed by atoms with Crippen LogP contribution >= 0.6 is 0 Å². The molecule has 0 aromatic carbocycles. The van der Waals surface area contributed by atoms with Crippen LogP contribution in [0.4, 0.5) is 13.2 Å². The second-order valence-electron chi connectivity index (χ2n) is 6.44. The van der Waals surface area contributed by atoms with Gasteiger partial charge in [0.2, 0.25) is 5.88 Å². The molecule has 0 amide bonds. The summed E-state index contributed by atoms with van der Waals surface area (Å²) in [6.07, 6.45) is -8.45. The molecule has 142 valence electrons. The van der Waals surface area contributed by atoms with E-state index in [1.807, 2.05) is 0 Å². The van der Waals surface area contributed by atoms with Gasteiger partial charge in [0.05, 0.1) is 6.10 Å². The molecule has 1 aromatic heterocycles. The van der Waals surface area contributed by atoms with Gasteiger partial charge in [-0.1, -0.05) is 11.2 Å². The second-order valence-corrected chi connectivity index (χ2v) is 6.44. The predicted octanol–water partition coefficient (Wildman–Crippen LogP) is 3.42. The minimum Gasteiger partial charge on any atom is -0.469 e. The third-order valence-corrected chi connectivity index (χ3v) is 4.02. The molecule has 0 spiro atoms. The average molecular weight is 374 g/mol. The van der Waals surface area contributed by atoms with Crippen molar-refractivity contribution in [2.75, 3.05) is 0 Å². The van der Waals surface area contributed by atoms with Gasteiger partial charge < -0.3 is 18.9 Å². The molecule has 1 aromatic rings. The van der Waals surface area contributed by atoms with Gasteiger partial charge in [-0.25, -0.2) is 4.98 Å². The van der Waals surface area contributed by atoms with Gasteiger partial charge in [-0.2, -0.15) is 13.2 Å². The molecule has 0 aliphatic carbocycles. The summed E-state index contributed by atoms with van der Waals surface area (Å²) in [4.78, 5) is 6.18. The van der Waals surface area contributed by atoms with E-state index in [9.17, 15) is 13.2 Å². The summed E-state index contributed by atoms with van der Waals surface area (Å²) in [6, 6.07) is 3.28. The zero-order chi connectivity index (χ0) is 19.1. The van der Waals surface area contributed by atoms with Gasteiger partial charge in [0, 0.05) is 11.0 Å². The van der Waals surface area contributed by atoms with Crippen LogP contribution in [-0.2, 0) is 20.4 Å². The predicted molar refractivity (Wildman–Crippen MR) is 81.0 cm³/mol. The molecule has 0 N–H and O–H groups in total. The molecule has 2 aliphatic heterocycles. The van der Waals surface area contributed by atoms with Crippen molar-refractivity contribution in [2.45, 2.75) is 63.4 Å². The highest BCUT2D eigenvalue weighted by molar-refractivity contribution is 5.18. The fraction of sp³-hybridized carbons (Fsp3) is 0.667. The van der Waals surface area contributed by atoms with Crippen LogP contribution in [0.1, 0.15) is 26.5 Å². The maximum absolute atomic E-state index is 12.9. The number of hydrogen-bond donors (Lipinski definition) is 0. The summed E-state index contributed by atoms with van der Waals surface area (Å²) in [5, 5.41) is 3.54. The van der Waals surface area contributed by atoms with Crippen molar-refractivity contribution in [3.8, 4) is 5.88 Å². The van der Waals surface area contributed by atoms with Crippen LogP contribution < -0.4 is 4.74 Å². The van der Waals surface area contributed by atoms with Gasteiger partial charge in [0.15, 0.2) is 18.1 Å². The summed E-state index contributed by atoms with van der Waals surface area (Å²) in [6.45, 7) is 5.11. The van der Waals surface area contributed by atoms with Gasteiger partial charge in [-0.15, -0.1) is 0 Å². The number of aromatic nitrogens is 1. The number of rotatable bonds is 3. The Hall–Kier alpha value is -2.07. The third kappa shape index (κ3) is 3.70. The molecule has 3 rings (SSSR count). The lowest BCUT2D eigenvalue weighted by atomic mass is 9.99. The van der Waals surface area contributed by atoms with Gasteiger partial charge >= 0.3 is 6.18 Å². The maximum Gasteiger partial charge on any atom is 0.433 e. The average Bonchev–Trinajstić information content (AvgIpc) is 2.87.